The number of halogens is 2. The first-order valence-electron chi connectivity index (χ1n) is 15.5. The number of rotatable bonds is 6. The van der Waals surface area contributed by atoms with Crippen LogP contribution in [0.5, 0.6) is 6.01 Å². The quantitative estimate of drug-likeness (QED) is 0.257. The Morgan fingerprint density at radius 2 is 1.87 bits per heavy atom. The van der Waals surface area contributed by atoms with Gasteiger partial charge < -0.3 is 21.1 Å². The number of aromatic nitrogens is 6. The molecule has 4 N–H and O–H groups in total. The van der Waals surface area contributed by atoms with Crippen LogP contribution in [0.25, 0.3) is 43.1 Å². The predicted molar refractivity (Wildman–Crippen MR) is 174 cm³/mol. The van der Waals surface area contributed by atoms with Crippen molar-refractivity contribution in [2.45, 2.75) is 38.4 Å². The highest BCUT2D eigenvalue weighted by Gasteiger charge is 2.35. The van der Waals surface area contributed by atoms with Gasteiger partial charge in [-0.2, -0.15) is 15.1 Å². The van der Waals surface area contributed by atoms with E-state index < -0.39 is 11.6 Å². The van der Waals surface area contributed by atoms with Gasteiger partial charge in [-0.15, -0.1) is 0 Å². The summed E-state index contributed by atoms with van der Waals surface area (Å²) in [6.07, 6.45) is 6.81. The van der Waals surface area contributed by atoms with Crippen LogP contribution in [0.1, 0.15) is 24.8 Å². The summed E-state index contributed by atoms with van der Waals surface area (Å²) in [7, 11) is 0. The lowest BCUT2D eigenvalue weighted by Crippen LogP contribution is -2.51. The first-order chi connectivity index (χ1) is 22.4. The molecule has 6 aromatic rings. The van der Waals surface area contributed by atoms with E-state index in [0.29, 0.717) is 71.2 Å². The summed E-state index contributed by atoms with van der Waals surface area (Å²) in [5.41, 5.74) is 14.8. The Bertz CT molecular complexity index is 2180. The molecule has 0 amide bonds. The number of nitrogens with two attached hydrogens (primary N) is 2. The van der Waals surface area contributed by atoms with Gasteiger partial charge >= 0.3 is 6.01 Å². The molecule has 2 aromatic carbocycles. The maximum atomic E-state index is 17.2. The molecule has 0 saturated carbocycles. The van der Waals surface area contributed by atoms with Gasteiger partial charge in [-0.05, 0) is 56.5 Å². The number of fused-ring (bicyclic) bond motifs is 4. The molecule has 4 aliphatic heterocycles. The molecule has 4 aliphatic rings. The van der Waals surface area contributed by atoms with Crippen molar-refractivity contribution in [2.24, 2.45) is 5.92 Å². The Morgan fingerprint density at radius 1 is 1.00 bits per heavy atom. The fourth-order valence-electron chi connectivity index (χ4n) is 7.49. The van der Waals surface area contributed by atoms with E-state index >= 15 is 4.39 Å². The SMILES string of the molecule is Nc1nc2c(-c3c(F)c4nc(OCC5CC6CCN5CC6)nc5c4c4c3cnn4CCN5Cc3cccnc3N)ccc(F)c2s1. The Hall–Kier alpha value is -4.69. The highest BCUT2D eigenvalue weighted by atomic mass is 32.1. The molecular weight excluding hydrogens is 610 g/mol. The molecule has 0 aliphatic carbocycles. The van der Waals surface area contributed by atoms with E-state index in [4.69, 9.17) is 26.2 Å². The molecule has 11 nitrogen and oxygen atoms in total. The number of hydrogen-bond acceptors (Lipinski definition) is 11. The average molecular weight is 641 g/mol. The molecular formula is C32H30F2N10OS. The van der Waals surface area contributed by atoms with Crippen LogP contribution in [0.15, 0.2) is 36.7 Å². The molecule has 8 heterocycles. The smallest absolute Gasteiger partial charge is 0.319 e. The lowest BCUT2D eigenvalue weighted by molar-refractivity contribution is 0.0220. The number of pyridine rings is 1. The molecule has 14 heteroatoms. The molecule has 46 heavy (non-hydrogen) atoms. The summed E-state index contributed by atoms with van der Waals surface area (Å²) >= 11 is 1.03. The summed E-state index contributed by atoms with van der Waals surface area (Å²) in [6.45, 7) is 3.96. The van der Waals surface area contributed by atoms with Gasteiger partial charge in [0.2, 0.25) is 0 Å². The second kappa shape index (κ2) is 10.4. The molecule has 4 aromatic heterocycles. The number of thiazole rings is 1. The van der Waals surface area contributed by atoms with Gasteiger partial charge in [0.1, 0.15) is 29.6 Å². The van der Waals surface area contributed by atoms with Crippen LogP contribution in [0, 0.1) is 17.6 Å². The lowest BCUT2D eigenvalue weighted by Gasteiger charge is -2.45. The van der Waals surface area contributed by atoms with E-state index in [0.717, 1.165) is 36.4 Å². The van der Waals surface area contributed by atoms with Gasteiger partial charge in [-0.1, -0.05) is 17.4 Å². The van der Waals surface area contributed by atoms with Crippen molar-refractivity contribution < 1.29 is 13.5 Å². The zero-order valence-corrected chi connectivity index (χ0v) is 25.6. The molecule has 234 valence electrons. The Kier molecular flexibility index (Phi) is 6.25. The number of ether oxygens (including phenoxy) is 1. The summed E-state index contributed by atoms with van der Waals surface area (Å²) in [5.74, 6) is 0.616. The zero-order chi connectivity index (χ0) is 31.1. The summed E-state index contributed by atoms with van der Waals surface area (Å²) in [5, 5.41) is 5.95. The lowest BCUT2D eigenvalue weighted by atomic mass is 9.84. The monoisotopic (exact) mass is 640 g/mol. The van der Waals surface area contributed by atoms with Crippen LogP contribution in [0.3, 0.4) is 0 Å². The van der Waals surface area contributed by atoms with E-state index in [1.54, 1.807) is 18.5 Å². The number of nitrogens with zero attached hydrogens (tertiary/aromatic N) is 8. The van der Waals surface area contributed by atoms with Crippen molar-refractivity contribution in [1.82, 2.24) is 34.6 Å². The van der Waals surface area contributed by atoms with Gasteiger partial charge in [-0.25, -0.2) is 18.7 Å². The predicted octanol–water partition coefficient (Wildman–Crippen LogP) is 4.98. The molecule has 10 rings (SSSR count). The largest absolute Gasteiger partial charge is 0.462 e. The average Bonchev–Trinajstić information content (AvgIpc) is 3.64. The van der Waals surface area contributed by atoms with Crippen LogP contribution in [-0.4, -0.2) is 66.9 Å². The number of benzene rings is 2. The minimum Gasteiger partial charge on any atom is -0.462 e. The molecule has 1 atom stereocenters. The van der Waals surface area contributed by atoms with E-state index in [1.165, 1.54) is 18.9 Å². The van der Waals surface area contributed by atoms with Crippen LogP contribution in [0.2, 0.25) is 0 Å². The topological polar surface area (TPSA) is 137 Å². The van der Waals surface area contributed by atoms with Crippen molar-refractivity contribution in [2.75, 3.05) is 42.6 Å². The van der Waals surface area contributed by atoms with E-state index in [-0.39, 0.29) is 33.0 Å². The third kappa shape index (κ3) is 4.26. The fraction of sp³-hybridized carbons (Fsp3) is 0.344. The van der Waals surface area contributed by atoms with Crippen molar-refractivity contribution in [3.8, 4) is 17.1 Å². The number of hydrogen-bond donors (Lipinski definition) is 2. The van der Waals surface area contributed by atoms with Crippen LogP contribution in [0.4, 0.5) is 25.5 Å². The van der Waals surface area contributed by atoms with Crippen molar-refractivity contribution in [1.29, 1.82) is 0 Å². The highest BCUT2D eigenvalue weighted by Crippen LogP contribution is 2.45. The number of anilines is 3. The molecule has 1 unspecified atom stereocenters. The molecule has 0 radical (unpaired) electrons. The van der Waals surface area contributed by atoms with Gasteiger partial charge in [0.05, 0.1) is 33.9 Å². The van der Waals surface area contributed by atoms with Crippen LogP contribution in [-0.2, 0) is 13.1 Å². The fourth-order valence-corrected chi connectivity index (χ4v) is 8.26. The van der Waals surface area contributed by atoms with Crippen LogP contribution < -0.4 is 21.1 Å². The van der Waals surface area contributed by atoms with Gasteiger partial charge in [0.15, 0.2) is 10.9 Å². The normalized spacial score (nSPS) is 20.7. The van der Waals surface area contributed by atoms with E-state index in [2.05, 4.69) is 24.9 Å². The first-order valence-corrected chi connectivity index (χ1v) is 16.3. The standard InChI is InChI=1S/C32H30F2N10OS/c33-21-4-3-19(25-28(21)46-31(36)39-25)22-20-13-38-44-11-10-43(14-17-2-1-7-37-29(17)35)30-23(27(20)44)26(24(22)34)40-32(41-30)45-15-18-12-16-5-8-42(18)9-6-16/h1-4,7,13,16,18H,5-6,8-12,14-15H2,(H2,35,37)(H2,36,39). The maximum absolute atomic E-state index is 17.2. The zero-order valence-electron chi connectivity index (χ0n) is 24.8. The third-order valence-corrected chi connectivity index (χ3v) is 10.7. The van der Waals surface area contributed by atoms with Crippen molar-refractivity contribution in [3.63, 3.8) is 0 Å². The minimum atomic E-state index is -0.585. The summed E-state index contributed by atoms with van der Waals surface area (Å²) in [4.78, 5) is 22.9. The van der Waals surface area contributed by atoms with Gasteiger partial charge in [0, 0.05) is 47.4 Å². The van der Waals surface area contributed by atoms with E-state index in [9.17, 15) is 4.39 Å². The first kappa shape index (κ1) is 27.6. The summed E-state index contributed by atoms with van der Waals surface area (Å²) < 4.78 is 40.5. The Morgan fingerprint density at radius 3 is 2.67 bits per heavy atom. The molecule has 3 saturated heterocycles. The van der Waals surface area contributed by atoms with Gasteiger partial charge in [-0.3, -0.25) is 9.58 Å². The second-order valence-corrected chi connectivity index (χ2v) is 13.4. The van der Waals surface area contributed by atoms with Gasteiger partial charge in [0.25, 0.3) is 0 Å². The Balaban J connectivity index is 1.25. The second-order valence-electron chi connectivity index (χ2n) is 12.3. The molecule has 2 bridgehead atoms. The number of piperidine rings is 3. The molecule has 3 fully saturated rings. The highest BCUT2D eigenvalue weighted by molar-refractivity contribution is 7.22. The minimum absolute atomic E-state index is 0.0986. The van der Waals surface area contributed by atoms with E-state index in [1.807, 2.05) is 16.8 Å². The number of nitrogen functional groups attached to an aromatic ring is 2. The Labute approximate surface area is 265 Å². The van der Waals surface area contributed by atoms with Crippen LogP contribution >= 0.6 is 11.3 Å². The van der Waals surface area contributed by atoms with Crippen molar-refractivity contribution in [3.05, 3.63) is 53.9 Å². The maximum Gasteiger partial charge on any atom is 0.319 e. The molecule has 0 spiro atoms. The summed E-state index contributed by atoms with van der Waals surface area (Å²) in [6, 6.07) is 7.00. The third-order valence-electron chi connectivity index (χ3n) is 9.77. The van der Waals surface area contributed by atoms with Crippen molar-refractivity contribution >= 4 is 60.1 Å².